The van der Waals surface area contributed by atoms with Crippen LogP contribution in [0.2, 0.25) is 0 Å². The second-order valence-corrected chi connectivity index (χ2v) is 5.50. The Labute approximate surface area is 116 Å². The Morgan fingerprint density at radius 2 is 2.05 bits per heavy atom. The van der Waals surface area contributed by atoms with Crippen molar-refractivity contribution in [2.45, 2.75) is 26.4 Å². The molecule has 20 heavy (non-hydrogen) atoms. The van der Waals surface area contributed by atoms with E-state index in [2.05, 4.69) is 10.4 Å². The molecule has 1 amide bonds. The lowest BCUT2D eigenvalue weighted by Gasteiger charge is -2.19. The number of hydrogen-bond acceptors (Lipinski definition) is 4. The number of anilines is 1. The number of hydrogen-bond donors (Lipinski definition) is 1. The molecule has 2 rings (SSSR count). The Morgan fingerprint density at radius 1 is 1.35 bits per heavy atom. The second-order valence-electron chi connectivity index (χ2n) is 5.50. The lowest BCUT2D eigenvalue weighted by atomic mass is 10.2. The molecule has 1 N–H and O–H groups in total. The Kier molecular flexibility index (Phi) is 3.48. The van der Waals surface area contributed by atoms with Crippen LogP contribution in [0.15, 0.2) is 29.2 Å². The zero-order valence-electron chi connectivity index (χ0n) is 11.9. The molecular weight excluding hydrogens is 258 g/mol. The van der Waals surface area contributed by atoms with E-state index in [9.17, 15) is 9.59 Å². The van der Waals surface area contributed by atoms with E-state index in [1.165, 1.54) is 4.68 Å². The van der Waals surface area contributed by atoms with Gasteiger partial charge < -0.3 is 4.74 Å². The summed E-state index contributed by atoms with van der Waals surface area (Å²) >= 11 is 0. The van der Waals surface area contributed by atoms with Gasteiger partial charge in [0.2, 0.25) is 0 Å². The van der Waals surface area contributed by atoms with E-state index in [1.54, 1.807) is 52.2 Å². The fourth-order valence-electron chi connectivity index (χ4n) is 1.74. The van der Waals surface area contributed by atoms with Gasteiger partial charge in [0, 0.05) is 18.1 Å². The van der Waals surface area contributed by atoms with Crippen molar-refractivity contribution < 1.29 is 9.53 Å². The number of ether oxygens (including phenoxy) is 1. The van der Waals surface area contributed by atoms with Crippen LogP contribution in [0.25, 0.3) is 10.8 Å². The fraction of sp³-hybridized carbons (Fsp3) is 0.357. The Morgan fingerprint density at radius 3 is 2.70 bits per heavy atom. The molecule has 0 aliphatic heterocycles. The number of carbonyl (C=O) groups is 1. The summed E-state index contributed by atoms with van der Waals surface area (Å²) in [6.45, 7) is 5.38. The summed E-state index contributed by atoms with van der Waals surface area (Å²) in [5, 5.41) is 7.79. The van der Waals surface area contributed by atoms with Crippen molar-refractivity contribution in [1.82, 2.24) is 9.78 Å². The minimum atomic E-state index is -0.557. The quantitative estimate of drug-likeness (QED) is 0.866. The number of fused-ring (bicyclic) bond motifs is 1. The molecule has 6 heteroatoms. The molecule has 0 radical (unpaired) electrons. The molecule has 2 aromatic rings. The van der Waals surface area contributed by atoms with Crippen molar-refractivity contribution in [3.05, 3.63) is 34.7 Å². The zero-order chi connectivity index (χ0) is 14.9. The number of benzene rings is 1. The van der Waals surface area contributed by atoms with Gasteiger partial charge in [0.25, 0.3) is 5.56 Å². The van der Waals surface area contributed by atoms with Crippen molar-refractivity contribution in [3.8, 4) is 0 Å². The van der Waals surface area contributed by atoms with Crippen molar-refractivity contribution in [2.24, 2.45) is 7.05 Å². The van der Waals surface area contributed by atoms with Crippen LogP contribution >= 0.6 is 0 Å². The molecule has 0 aliphatic carbocycles. The van der Waals surface area contributed by atoms with Crippen LogP contribution < -0.4 is 10.9 Å². The summed E-state index contributed by atoms with van der Waals surface area (Å²) in [4.78, 5) is 23.5. The van der Waals surface area contributed by atoms with E-state index in [-0.39, 0.29) is 5.56 Å². The van der Waals surface area contributed by atoms with E-state index in [4.69, 9.17) is 4.74 Å². The number of rotatable bonds is 1. The smallest absolute Gasteiger partial charge is 0.412 e. The van der Waals surface area contributed by atoms with E-state index in [0.29, 0.717) is 16.5 Å². The SMILES string of the molecule is Cn1ncc2cc(NC(=O)OC(C)(C)C)ccc2c1=O. The van der Waals surface area contributed by atoms with Crippen LogP contribution in [-0.2, 0) is 11.8 Å². The number of aromatic nitrogens is 2. The predicted octanol–water partition coefficient (Wildman–Crippen LogP) is 2.28. The summed E-state index contributed by atoms with van der Waals surface area (Å²) in [6, 6.07) is 5.01. The highest BCUT2D eigenvalue weighted by atomic mass is 16.6. The third-order valence-electron chi connectivity index (χ3n) is 2.59. The monoisotopic (exact) mass is 275 g/mol. The molecule has 0 fully saturated rings. The van der Waals surface area contributed by atoms with Gasteiger partial charge in [0.15, 0.2) is 0 Å². The summed E-state index contributed by atoms with van der Waals surface area (Å²) in [5.41, 5.74) is -0.175. The number of aryl methyl sites for hydroxylation is 1. The number of nitrogens with one attached hydrogen (secondary N) is 1. The Balaban J connectivity index is 2.27. The summed E-state index contributed by atoms with van der Waals surface area (Å²) in [6.07, 6.45) is 1.05. The minimum Gasteiger partial charge on any atom is -0.444 e. The highest BCUT2D eigenvalue weighted by Crippen LogP contribution is 2.16. The maximum atomic E-state index is 11.8. The molecule has 0 spiro atoms. The largest absolute Gasteiger partial charge is 0.444 e. The van der Waals surface area contributed by atoms with Crippen LogP contribution in [0.4, 0.5) is 10.5 Å². The third kappa shape index (κ3) is 3.14. The second kappa shape index (κ2) is 4.96. The van der Waals surface area contributed by atoms with Gasteiger partial charge in [-0.05, 0) is 39.0 Å². The van der Waals surface area contributed by atoms with Crippen LogP contribution in [0.3, 0.4) is 0 Å². The van der Waals surface area contributed by atoms with Gasteiger partial charge in [-0.2, -0.15) is 5.10 Å². The number of nitrogens with zero attached hydrogens (tertiary/aromatic N) is 2. The molecule has 0 aliphatic rings. The fourth-order valence-corrected chi connectivity index (χ4v) is 1.74. The first-order valence-electron chi connectivity index (χ1n) is 6.22. The molecule has 0 saturated heterocycles. The first-order valence-corrected chi connectivity index (χ1v) is 6.22. The van der Waals surface area contributed by atoms with E-state index in [1.807, 2.05) is 0 Å². The van der Waals surface area contributed by atoms with Crippen molar-refractivity contribution in [3.63, 3.8) is 0 Å². The minimum absolute atomic E-state index is 0.175. The molecule has 1 aromatic heterocycles. The van der Waals surface area contributed by atoms with Crippen LogP contribution in [-0.4, -0.2) is 21.5 Å². The standard InChI is InChI=1S/C14H17N3O3/c1-14(2,3)20-13(19)16-10-5-6-11-9(7-10)8-15-17(4)12(11)18/h5-8H,1-4H3,(H,16,19). The Bertz CT molecular complexity index is 714. The van der Waals surface area contributed by atoms with Crippen molar-refractivity contribution in [1.29, 1.82) is 0 Å². The molecule has 0 bridgehead atoms. The maximum absolute atomic E-state index is 11.8. The molecule has 0 atom stereocenters. The molecule has 1 aromatic carbocycles. The zero-order valence-corrected chi connectivity index (χ0v) is 11.9. The van der Waals surface area contributed by atoms with Gasteiger partial charge in [-0.25, -0.2) is 9.48 Å². The van der Waals surface area contributed by atoms with Gasteiger partial charge in [-0.15, -0.1) is 0 Å². The van der Waals surface area contributed by atoms with Crippen molar-refractivity contribution >= 4 is 22.6 Å². The lowest BCUT2D eigenvalue weighted by Crippen LogP contribution is -2.27. The van der Waals surface area contributed by atoms with Crippen LogP contribution in [0, 0.1) is 0 Å². The van der Waals surface area contributed by atoms with Gasteiger partial charge in [-0.1, -0.05) is 0 Å². The van der Waals surface area contributed by atoms with Gasteiger partial charge >= 0.3 is 6.09 Å². The van der Waals surface area contributed by atoms with E-state index < -0.39 is 11.7 Å². The van der Waals surface area contributed by atoms with Gasteiger partial charge in [-0.3, -0.25) is 10.1 Å². The maximum Gasteiger partial charge on any atom is 0.412 e. The molecule has 0 unspecified atom stereocenters. The van der Waals surface area contributed by atoms with Gasteiger partial charge in [0.1, 0.15) is 5.60 Å². The highest BCUT2D eigenvalue weighted by Gasteiger charge is 2.16. The third-order valence-corrected chi connectivity index (χ3v) is 2.59. The highest BCUT2D eigenvalue weighted by molar-refractivity contribution is 5.90. The predicted molar refractivity (Wildman–Crippen MR) is 76.8 cm³/mol. The first-order chi connectivity index (χ1) is 9.26. The number of carbonyl (C=O) groups excluding carboxylic acids is 1. The average Bonchev–Trinajstić information content (AvgIpc) is 2.31. The lowest BCUT2D eigenvalue weighted by molar-refractivity contribution is 0.0636. The Hall–Kier alpha value is -2.37. The first kappa shape index (κ1) is 14.0. The summed E-state index contributed by atoms with van der Waals surface area (Å²) in [5.74, 6) is 0. The van der Waals surface area contributed by atoms with Crippen LogP contribution in [0.1, 0.15) is 20.8 Å². The van der Waals surface area contributed by atoms with Crippen LogP contribution in [0.5, 0.6) is 0 Å². The molecular formula is C14H17N3O3. The summed E-state index contributed by atoms with van der Waals surface area (Å²) < 4.78 is 6.43. The molecule has 106 valence electrons. The summed E-state index contributed by atoms with van der Waals surface area (Å²) in [7, 11) is 1.59. The topological polar surface area (TPSA) is 73.2 Å². The molecule has 6 nitrogen and oxygen atoms in total. The molecule has 1 heterocycles. The molecule has 0 saturated carbocycles. The average molecular weight is 275 g/mol. The normalized spacial score (nSPS) is 11.4. The van der Waals surface area contributed by atoms with E-state index >= 15 is 0 Å². The van der Waals surface area contributed by atoms with Crippen molar-refractivity contribution in [2.75, 3.05) is 5.32 Å². The van der Waals surface area contributed by atoms with Gasteiger partial charge in [0.05, 0.1) is 11.6 Å². The number of amides is 1. The van der Waals surface area contributed by atoms with E-state index in [0.717, 1.165) is 0 Å².